The first-order chi connectivity index (χ1) is 18.9. The first-order valence-electron chi connectivity index (χ1n) is 13.3. The summed E-state index contributed by atoms with van der Waals surface area (Å²) in [6.45, 7) is 5.71. The number of carbonyl (C=O) groups is 5. The molecule has 2 unspecified atom stereocenters. The Hall–Kier alpha value is -3.87. The van der Waals surface area contributed by atoms with Gasteiger partial charge in [0, 0.05) is 26.2 Å². The molecule has 0 bridgehead atoms. The molecule has 220 valence electrons. The monoisotopic (exact) mass is 562 g/mol. The zero-order chi connectivity index (χ0) is 29.4. The van der Waals surface area contributed by atoms with E-state index in [1.807, 2.05) is 18.2 Å². The summed E-state index contributed by atoms with van der Waals surface area (Å²) < 4.78 is 10.9. The summed E-state index contributed by atoms with van der Waals surface area (Å²) in [6, 6.07) is 3.70. The van der Waals surface area contributed by atoms with Crippen molar-refractivity contribution >= 4 is 30.0 Å². The molecule has 2 heterocycles. The maximum atomic E-state index is 12.9. The van der Waals surface area contributed by atoms with Crippen LogP contribution in [0.15, 0.2) is 18.2 Å². The predicted molar refractivity (Wildman–Crippen MR) is 141 cm³/mol. The van der Waals surface area contributed by atoms with Crippen LogP contribution in [-0.2, 0) is 43.4 Å². The van der Waals surface area contributed by atoms with Crippen LogP contribution in [-0.4, -0.2) is 94.0 Å². The normalized spacial score (nSPS) is 17.2. The molecule has 3 rings (SSSR count). The maximum Gasteiger partial charge on any atom is 0.408 e. The highest BCUT2D eigenvalue weighted by Crippen LogP contribution is 2.27. The Bertz CT molecular complexity index is 1120. The molecule has 1 fully saturated rings. The number of ether oxygens (including phenoxy) is 2. The number of aryl methyl sites for hydroxylation is 1. The molecule has 2 aliphatic heterocycles. The molecule has 1 saturated heterocycles. The highest BCUT2D eigenvalue weighted by Gasteiger charge is 2.34. The number of carbonyl (C=O) groups excluding carboxylic acids is 3. The Kier molecular flexibility index (Phi) is 10.3. The molecule has 0 aliphatic carbocycles. The van der Waals surface area contributed by atoms with E-state index in [0.29, 0.717) is 45.3 Å². The van der Waals surface area contributed by atoms with E-state index >= 15 is 0 Å². The number of alkyl carbamates (subject to hydrolysis) is 1. The number of nitrogens with one attached hydrogen (secondary N) is 2. The third-order valence-corrected chi connectivity index (χ3v) is 6.65. The molecule has 1 aromatic carbocycles. The van der Waals surface area contributed by atoms with Gasteiger partial charge in [-0.05, 0) is 63.1 Å². The van der Waals surface area contributed by atoms with E-state index in [1.165, 1.54) is 9.80 Å². The molecular formula is C27H38N4O9. The van der Waals surface area contributed by atoms with E-state index in [2.05, 4.69) is 10.6 Å². The molecule has 13 heteroatoms. The third-order valence-electron chi connectivity index (χ3n) is 6.65. The predicted octanol–water partition coefficient (Wildman–Crippen LogP) is 1.71. The summed E-state index contributed by atoms with van der Waals surface area (Å²) >= 11 is 0. The van der Waals surface area contributed by atoms with E-state index in [-0.39, 0.29) is 13.2 Å². The minimum Gasteiger partial charge on any atom is -0.480 e. The zero-order valence-electron chi connectivity index (χ0n) is 23.1. The second-order valence-corrected chi connectivity index (χ2v) is 10.9. The van der Waals surface area contributed by atoms with E-state index in [1.54, 1.807) is 20.8 Å². The minimum atomic E-state index is -1.15. The van der Waals surface area contributed by atoms with Crippen LogP contribution in [0.25, 0.3) is 0 Å². The molecule has 1 aromatic rings. The lowest BCUT2D eigenvalue weighted by Crippen LogP contribution is -2.53. The minimum absolute atomic E-state index is 0.180. The smallest absolute Gasteiger partial charge is 0.408 e. The van der Waals surface area contributed by atoms with Crippen molar-refractivity contribution in [3.05, 3.63) is 34.9 Å². The zero-order valence-corrected chi connectivity index (χ0v) is 23.1. The van der Waals surface area contributed by atoms with Crippen molar-refractivity contribution in [3.63, 3.8) is 0 Å². The maximum absolute atomic E-state index is 12.9. The van der Waals surface area contributed by atoms with Crippen molar-refractivity contribution in [3.8, 4) is 0 Å². The van der Waals surface area contributed by atoms with E-state index < -0.39 is 54.2 Å². The summed E-state index contributed by atoms with van der Waals surface area (Å²) in [5, 5.41) is 23.5. The number of amides is 4. The molecule has 0 spiro atoms. The van der Waals surface area contributed by atoms with Gasteiger partial charge in [-0.2, -0.15) is 0 Å². The van der Waals surface area contributed by atoms with Gasteiger partial charge in [0.15, 0.2) is 0 Å². The number of benzene rings is 1. The molecule has 0 radical (unpaired) electrons. The summed E-state index contributed by atoms with van der Waals surface area (Å²) in [4.78, 5) is 63.0. The molecule has 13 nitrogen and oxygen atoms in total. The number of hydrogen-bond acceptors (Lipinski definition) is 7. The number of hydrogen-bond donors (Lipinski definition) is 4. The Morgan fingerprint density at radius 2 is 1.88 bits per heavy atom. The lowest BCUT2D eigenvalue weighted by molar-refractivity contribution is -0.148. The van der Waals surface area contributed by atoms with Crippen LogP contribution in [0.4, 0.5) is 9.59 Å². The molecule has 4 N–H and O–H groups in total. The third kappa shape index (κ3) is 8.57. The Morgan fingerprint density at radius 1 is 1.12 bits per heavy atom. The summed E-state index contributed by atoms with van der Waals surface area (Å²) in [6.07, 6.45) is 0.370. The van der Waals surface area contributed by atoms with E-state index in [0.717, 1.165) is 16.7 Å². The highest BCUT2D eigenvalue weighted by atomic mass is 16.6. The van der Waals surface area contributed by atoms with Gasteiger partial charge < -0.3 is 35.2 Å². The first-order valence-corrected chi connectivity index (χ1v) is 13.3. The fourth-order valence-corrected chi connectivity index (χ4v) is 4.77. The topological polar surface area (TPSA) is 175 Å². The molecule has 2 aliphatic rings. The molecule has 0 saturated carbocycles. The molecule has 4 amide bonds. The Balaban J connectivity index is 1.52. The number of likely N-dealkylation sites (tertiary alicyclic amines) is 1. The average Bonchev–Trinajstić information content (AvgIpc) is 3.53. The van der Waals surface area contributed by atoms with Gasteiger partial charge in [0.05, 0.1) is 13.2 Å². The highest BCUT2D eigenvalue weighted by molar-refractivity contribution is 5.91. The van der Waals surface area contributed by atoms with Gasteiger partial charge in [0.25, 0.3) is 0 Å². The van der Waals surface area contributed by atoms with Crippen LogP contribution >= 0.6 is 0 Å². The second-order valence-electron chi connectivity index (χ2n) is 10.9. The summed E-state index contributed by atoms with van der Waals surface area (Å²) in [5.74, 6) is -2.28. The second kappa shape index (κ2) is 13.5. The summed E-state index contributed by atoms with van der Waals surface area (Å²) in [5.41, 5.74) is 2.22. The van der Waals surface area contributed by atoms with Gasteiger partial charge >= 0.3 is 18.2 Å². The molecule has 0 aromatic heterocycles. The average molecular weight is 563 g/mol. The molecular weight excluding hydrogens is 524 g/mol. The molecule has 40 heavy (non-hydrogen) atoms. The number of nitrogens with zero attached hydrogens (tertiary/aromatic N) is 2. The van der Waals surface area contributed by atoms with Crippen molar-refractivity contribution < 1.29 is 43.7 Å². The SMILES string of the molecule is CC(C)(C)OC(=O)NC(COCCCc1cccc2c1CN(C(=O)O)C2)C(=O)NCC(=O)N1CCCC1C(=O)O. The fourth-order valence-electron chi connectivity index (χ4n) is 4.77. The van der Waals surface area contributed by atoms with Crippen molar-refractivity contribution in [1.82, 2.24) is 20.4 Å². The van der Waals surface area contributed by atoms with Crippen LogP contribution in [0.5, 0.6) is 0 Å². The van der Waals surface area contributed by atoms with Gasteiger partial charge in [-0.3, -0.25) is 14.5 Å². The quantitative estimate of drug-likeness (QED) is 0.293. The van der Waals surface area contributed by atoms with Gasteiger partial charge in [-0.1, -0.05) is 18.2 Å². The van der Waals surface area contributed by atoms with Crippen molar-refractivity contribution in [1.29, 1.82) is 0 Å². The number of rotatable bonds is 11. The standard InChI is InChI=1S/C27H38N4O9/c1-27(2,3)40-25(36)29-20(23(33)28-13-22(32)31-11-5-10-21(31)24(34)35)16-39-12-6-9-17-7-4-8-18-14-30(26(37)38)15-19(17)18/h4,7-8,20-21H,5-6,9-16H2,1-3H3,(H,28,33)(H,29,36)(H,34,35)(H,37,38). The fraction of sp³-hybridized carbons (Fsp3) is 0.593. The van der Waals surface area contributed by atoms with Gasteiger partial charge in [0.2, 0.25) is 11.8 Å². The van der Waals surface area contributed by atoms with Crippen LogP contribution in [0.1, 0.15) is 56.7 Å². The van der Waals surface area contributed by atoms with Crippen LogP contribution in [0, 0.1) is 0 Å². The number of carboxylic acid groups (broad SMARTS) is 2. The summed E-state index contributed by atoms with van der Waals surface area (Å²) in [7, 11) is 0. The van der Waals surface area contributed by atoms with Gasteiger partial charge in [-0.25, -0.2) is 14.4 Å². The first kappa shape index (κ1) is 30.7. The van der Waals surface area contributed by atoms with Gasteiger partial charge in [-0.15, -0.1) is 0 Å². The Morgan fingerprint density at radius 3 is 2.55 bits per heavy atom. The largest absolute Gasteiger partial charge is 0.480 e. The van der Waals surface area contributed by atoms with Crippen LogP contribution in [0.3, 0.4) is 0 Å². The number of aliphatic carboxylic acids is 1. The molecule has 2 atom stereocenters. The van der Waals surface area contributed by atoms with E-state index in [9.17, 15) is 34.2 Å². The number of fused-ring (bicyclic) bond motifs is 1. The van der Waals surface area contributed by atoms with E-state index in [4.69, 9.17) is 9.47 Å². The lowest BCUT2D eigenvalue weighted by atomic mass is 10.00. The van der Waals surface area contributed by atoms with Crippen molar-refractivity contribution in [2.24, 2.45) is 0 Å². The Labute approximate surface area is 232 Å². The van der Waals surface area contributed by atoms with Crippen LogP contribution in [0.2, 0.25) is 0 Å². The van der Waals surface area contributed by atoms with Gasteiger partial charge in [0.1, 0.15) is 17.7 Å². The van der Waals surface area contributed by atoms with Crippen molar-refractivity contribution in [2.75, 3.05) is 26.3 Å². The number of carboxylic acids is 1. The van der Waals surface area contributed by atoms with Crippen molar-refractivity contribution in [2.45, 2.75) is 77.2 Å². The lowest BCUT2D eigenvalue weighted by Gasteiger charge is -2.24. The van der Waals surface area contributed by atoms with Crippen LogP contribution < -0.4 is 10.6 Å².